The molecule has 100 valence electrons. The Morgan fingerprint density at radius 1 is 1.33 bits per heavy atom. The van der Waals surface area contributed by atoms with E-state index >= 15 is 0 Å². The molecule has 0 aromatic heterocycles. The third kappa shape index (κ3) is 3.30. The van der Waals surface area contributed by atoms with Crippen LogP contribution in [0.15, 0.2) is 21.5 Å². The summed E-state index contributed by atoms with van der Waals surface area (Å²) in [4.78, 5) is 10.8. The summed E-state index contributed by atoms with van der Waals surface area (Å²) in [5, 5.41) is 8.73. The number of hydrogen-bond donors (Lipinski definition) is 2. The van der Waals surface area contributed by atoms with Crippen LogP contribution in [-0.2, 0) is 14.8 Å². The summed E-state index contributed by atoms with van der Waals surface area (Å²) in [6.45, 7) is 4.70. The van der Waals surface area contributed by atoms with Crippen molar-refractivity contribution in [3.8, 4) is 0 Å². The van der Waals surface area contributed by atoms with Gasteiger partial charge in [-0.25, -0.2) is 8.42 Å². The largest absolute Gasteiger partial charge is 0.480 e. The molecular weight excluding hydrogens is 322 g/mol. The summed E-state index contributed by atoms with van der Waals surface area (Å²) in [7, 11) is -3.83. The topological polar surface area (TPSA) is 83.5 Å². The van der Waals surface area contributed by atoms with E-state index in [4.69, 9.17) is 5.11 Å². The van der Waals surface area contributed by atoms with E-state index in [0.29, 0.717) is 5.56 Å². The van der Waals surface area contributed by atoms with Crippen LogP contribution >= 0.6 is 15.9 Å². The first-order valence-corrected chi connectivity index (χ1v) is 7.44. The van der Waals surface area contributed by atoms with E-state index in [0.717, 1.165) is 10.0 Å². The molecule has 1 atom stereocenters. The number of aliphatic carboxylic acids is 1. The lowest BCUT2D eigenvalue weighted by molar-refractivity contribution is -0.138. The molecule has 0 aliphatic rings. The average molecular weight is 336 g/mol. The van der Waals surface area contributed by atoms with Gasteiger partial charge in [0.05, 0.1) is 4.90 Å². The van der Waals surface area contributed by atoms with Crippen molar-refractivity contribution in [2.75, 3.05) is 0 Å². The molecule has 0 radical (unpaired) electrons. The normalized spacial score (nSPS) is 13.3. The van der Waals surface area contributed by atoms with E-state index in [-0.39, 0.29) is 4.90 Å². The average Bonchev–Trinajstić information content (AvgIpc) is 2.22. The van der Waals surface area contributed by atoms with Crippen LogP contribution in [0.25, 0.3) is 0 Å². The van der Waals surface area contributed by atoms with Crippen molar-refractivity contribution in [3.63, 3.8) is 0 Å². The molecule has 7 heteroatoms. The molecule has 0 saturated carbocycles. The van der Waals surface area contributed by atoms with Gasteiger partial charge in [-0.1, -0.05) is 15.9 Å². The van der Waals surface area contributed by atoms with Crippen LogP contribution in [0.1, 0.15) is 18.1 Å². The molecular formula is C11H14BrNO4S. The monoisotopic (exact) mass is 335 g/mol. The number of hydrogen-bond acceptors (Lipinski definition) is 3. The van der Waals surface area contributed by atoms with Crippen molar-refractivity contribution in [1.29, 1.82) is 0 Å². The fourth-order valence-corrected chi connectivity index (χ4v) is 3.36. The third-order valence-electron chi connectivity index (χ3n) is 2.45. The van der Waals surface area contributed by atoms with Gasteiger partial charge in [-0.15, -0.1) is 0 Å². The summed E-state index contributed by atoms with van der Waals surface area (Å²) in [5.74, 6) is -1.22. The van der Waals surface area contributed by atoms with E-state index in [9.17, 15) is 13.2 Å². The Kier molecular flexibility index (Phi) is 4.52. The summed E-state index contributed by atoms with van der Waals surface area (Å²) < 4.78 is 27.0. The van der Waals surface area contributed by atoms with Gasteiger partial charge in [0.2, 0.25) is 10.0 Å². The molecule has 18 heavy (non-hydrogen) atoms. The van der Waals surface area contributed by atoms with Crippen LogP contribution in [0.5, 0.6) is 0 Å². The van der Waals surface area contributed by atoms with E-state index < -0.39 is 22.0 Å². The van der Waals surface area contributed by atoms with E-state index in [1.54, 1.807) is 19.9 Å². The predicted octanol–water partition coefficient (Wildman–Crippen LogP) is 1.82. The molecule has 0 heterocycles. The van der Waals surface area contributed by atoms with Gasteiger partial charge in [0.25, 0.3) is 0 Å². The number of benzene rings is 1. The number of carboxylic acids is 1. The van der Waals surface area contributed by atoms with Crippen molar-refractivity contribution in [2.24, 2.45) is 0 Å². The molecule has 2 N–H and O–H groups in total. The number of rotatable bonds is 4. The summed E-state index contributed by atoms with van der Waals surface area (Å²) in [6, 6.07) is 2.03. The molecule has 1 aromatic carbocycles. The van der Waals surface area contributed by atoms with Crippen LogP contribution < -0.4 is 4.72 Å². The van der Waals surface area contributed by atoms with Crippen LogP contribution in [-0.4, -0.2) is 25.5 Å². The van der Waals surface area contributed by atoms with Crippen molar-refractivity contribution < 1.29 is 18.3 Å². The summed E-state index contributed by atoms with van der Waals surface area (Å²) >= 11 is 3.31. The standard InChI is InChI=1S/C11H14BrNO4S/c1-6-5-10(7(2)4-9(6)12)18(16,17)13-8(3)11(14)15/h4-5,8,13H,1-3H3,(H,14,15)/t8-/m0/s1. The molecule has 5 nitrogen and oxygen atoms in total. The highest BCUT2D eigenvalue weighted by Gasteiger charge is 2.23. The van der Waals surface area contributed by atoms with E-state index in [1.807, 2.05) is 0 Å². The summed E-state index contributed by atoms with van der Waals surface area (Å²) in [5.41, 5.74) is 1.32. The minimum Gasteiger partial charge on any atom is -0.480 e. The third-order valence-corrected chi connectivity index (χ3v) is 4.99. The Hall–Kier alpha value is -0.920. The quantitative estimate of drug-likeness (QED) is 0.878. The maximum Gasteiger partial charge on any atom is 0.321 e. The minimum atomic E-state index is -3.83. The fourth-order valence-electron chi connectivity index (χ4n) is 1.39. The van der Waals surface area contributed by atoms with Crippen LogP contribution in [0.2, 0.25) is 0 Å². The highest BCUT2D eigenvalue weighted by molar-refractivity contribution is 9.10. The number of aryl methyl sites for hydroxylation is 2. The zero-order valence-electron chi connectivity index (χ0n) is 10.2. The molecule has 0 spiro atoms. The molecule has 0 fully saturated rings. The summed E-state index contributed by atoms with van der Waals surface area (Å²) in [6.07, 6.45) is 0. The van der Waals surface area contributed by atoms with Crippen LogP contribution in [0.4, 0.5) is 0 Å². The molecule has 0 amide bonds. The van der Waals surface area contributed by atoms with Gasteiger partial charge >= 0.3 is 5.97 Å². The number of halogens is 1. The van der Waals surface area contributed by atoms with Crippen molar-refractivity contribution in [2.45, 2.75) is 31.7 Å². The second-order valence-corrected chi connectivity index (χ2v) is 6.58. The zero-order valence-corrected chi connectivity index (χ0v) is 12.6. The molecule has 0 saturated heterocycles. The zero-order chi connectivity index (χ0) is 14.1. The predicted molar refractivity (Wildman–Crippen MR) is 71.0 cm³/mol. The van der Waals surface area contributed by atoms with Gasteiger partial charge < -0.3 is 5.11 Å². The Bertz CT molecular complexity index is 583. The van der Waals surface area contributed by atoms with Crippen LogP contribution in [0, 0.1) is 13.8 Å². The van der Waals surface area contributed by atoms with Gasteiger partial charge in [0.1, 0.15) is 6.04 Å². The SMILES string of the molecule is Cc1cc(S(=O)(=O)N[C@@H](C)C(=O)O)c(C)cc1Br. The smallest absolute Gasteiger partial charge is 0.321 e. The molecule has 0 unspecified atom stereocenters. The second-order valence-electron chi connectivity index (χ2n) is 4.05. The van der Waals surface area contributed by atoms with Gasteiger partial charge in [0, 0.05) is 4.47 Å². The van der Waals surface area contributed by atoms with Gasteiger partial charge in [-0.2, -0.15) is 4.72 Å². The first-order chi connectivity index (χ1) is 8.15. The van der Waals surface area contributed by atoms with Gasteiger partial charge in [0.15, 0.2) is 0 Å². The highest BCUT2D eigenvalue weighted by Crippen LogP contribution is 2.24. The maximum absolute atomic E-state index is 12.0. The lowest BCUT2D eigenvalue weighted by atomic mass is 10.2. The Balaban J connectivity index is 3.21. The number of carbonyl (C=O) groups is 1. The number of carboxylic acid groups (broad SMARTS) is 1. The van der Waals surface area contributed by atoms with E-state index in [2.05, 4.69) is 20.7 Å². The lowest BCUT2D eigenvalue weighted by Gasteiger charge is -2.13. The lowest BCUT2D eigenvalue weighted by Crippen LogP contribution is -2.38. The number of nitrogens with one attached hydrogen (secondary N) is 1. The van der Waals surface area contributed by atoms with Crippen molar-refractivity contribution in [3.05, 3.63) is 27.7 Å². The number of sulfonamides is 1. The fraction of sp³-hybridized carbons (Fsp3) is 0.364. The second kappa shape index (κ2) is 5.38. The molecule has 1 aromatic rings. The first kappa shape index (κ1) is 15.1. The Labute approximate surface area is 114 Å². The molecule has 0 aliphatic heterocycles. The molecule has 1 rings (SSSR count). The van der Waals surface area contributed by atoms with Gasteiger partial charge in [-0.05, 0) is 44.0 Å². The molecule has 0 aliphatic carbocycles. The van der Waals surface area contributed by atoms with Crippen LogP contribution in [0.3, 0.4) is 0 Å². The maximum atomic E-state index is 12.0. The van der Waals surface area contributed by atoms with Crippen molar-refractivity contribution in [1.82, 2.24) is 4.72 Å². The first-order valence-electron chi connectivity index (χ1n) is 5.17. The Morgan fingerprint density at radius 3 is 2.39 bits per heavy atom. The minimum absolute atomic E-state index is 0.0938. The van der Waals surface area contributed by atoms with E-state index in [1.165, 1.54) is 13.0 Å². The Morgan fingerprint density at radius 2 is 1.89 bits per heavy atom. The van der Waals surface area contributed by atoms with Gasteiger partial charge in [-0.3, -0.25) is 4.79 Å². The highest BCUT2D eigenvalue weighted by atomic mass is 79.9. The molecule has 0 bridgehead atoms. The van der Waals surface area contributed by atoms with Crippen molar-refractivity contribution >= 4 is 31.9 Å².